The van der Waals surface area contributed by atoms with Crippen molar-refractivity contribution >= 4 is 23.2 Å². The first kappa shape index (κ1) is 32.9. The Morgan fingerprint density at radius 3 is 2.62 bits per heavy atom. The Kier molecular flexibility index (Phi) is 10.4. The van der Waals surface area contributed by atoms with Gasteiger partial charge < -0.3 is 40.7 Å². The summed E-state index contributed by atoms with van der Waals surface area (Å²) in [5.74, 6) is 0.434. The number of aromatic nitrogens is 3. The van der Waals surface area contributed by atoms with Crippen LogP contribution in [0.5, 0.6) is 5.75 Å². The zero-order chi connectivity index (χ0) is 33.5. The Labute approximate surface area is 278 Å². The first-order valence-electron chi connectivity index (χ1n) is 16.0. The van der Waals surface area contributed by atoms with Crippen molar-refractivity contribution in [3.8, 4) is 23.2 Å². The summed E-state index contributed by atoms with van der Waals surface area (Å²) in [7, 11) is 0. The molecule has 6 rings (SSSR count). The summed E-state index contributed by atoms with van der Waals surface area (Å²) in [6, 6.07) is 15.7. The number of nitrogens with two attached hydrogens (primary N) is 1. The number of carbonyl (C=O) groups is 1. The molecule has 3 aliphatic heterocycles. The van der Waals surface area contributed by atoms with Crippen LogP contribution in [0.3, 0.4) is 0 Å². The Balaban J connectivity index is 1.05. The number of aliphatic hydroxyl groups is 1. The van der Waals surface area contributed by atoms with E-state index in [4.69, 9.17) is 20.3 Å². The fraction of sp³-hybridized carbons (Fsp3) is 0.424. The molecule has 252 valence electrons. The van der Waals surface area contributed by atoms with Crippen molar-refractivity contribution in [1.29, 1.82) is 5.26 Å². The van der Waals surface area contributed by atoms with Gasteiger partial charge in [0.15, 0.2) is 12.0 Å². The number of nitriles is 1. The van der Waals surface area contributed by atoms with Crippen LogP contribution in [0.15, 0.2) is 60.7 Å². The molecule has 3 fully saturated rings. The number of rotatable bonds is 11. The summed E-state index contributed by atoms with van der Waals surface area (Å²) in [5, 5.41) is 24.7. The predicted octanol–water partition coefficient (Wildman–Crippen LogP) is 1.37. The summed E-state index contributed by atoms with van der Waals surface area (Å²) in [6.45, 7) is 5.84. The predicted molar refractivity (Wildman–Crippen MR) is 176 cm³/mol. The maximum Gasteiger partial charge on any atom is 0.271 e. The number of piperazine rings is 1. The molecule has 3 saturated heterocycles. The number of nitrogens with one attached hydrogen (secondary N) is 2. The van der Waals surface area contributed by atoms with E-state index in [0.717, 1.165) is 50.8 Å². The molecule has 0 spiro atoms. The Morgan fingerprint density at radius 1 is 1.15 bits per heavy atom. The van der Waals surface area contributed by atoms with Crippen LogP contribution in [-0.4, -0.2) is 120 Å². The molecule has 1 unspecified atom stereocenters. The molecule has 48 heavy (non-hydrogen) atoms. The second-order valence-electron chi connectivity index (χ2n) is 11.8. The SMILES string of the molecule is N#Cc1cc(-c2ncnc(Nc3ccc(N4CCN(C5COC5)CC4)cc3)n2)ccc1O[C@H]1CCN(C(=O)/C(N)=C/NCCO)CC1F. The van der Waals surface area contributed by atoms with Gasteiger partial charge in [0.25, 0.3) is 5.91 Å². The molecule has 0 bridgehead atoms. The molecule has 1 amide bonds. The van der Waals surface area contributed by atoms with Gasteiger partial charge in [0, 0.05) is 68.8 Å². The molecule has 0 aliphatic carbocycles. The lowest BCUT2D eigenvalue weighted by Crippen LogP contribution is -2.56. The molecule has 3 aliphatic rings. The lowest BCUT2D eigenvalue weighted by atomic mass is 10.0. The first-order valence-corrected chi connectivity index (χ1v) is 16.0. The van der Waals surface area contributed by atoms with Crippen LogP contribution < -0.4 is 26.0 Å². The number of anilines is 3. The smallest absolute Gasteiger partial charge is 0.271 e. The second kappa shape index (κ2) is 15.2. The summed E-state index contributed by atoms with van der Waals surface area (Å²) in [5.41, 5.74) is 8.48. The molecule has 0 radical (unpaired) electrons. The maximum absolute atomic E-state index is 15.1. The highest BCUT2D eigenvalue weighted by molar-refractivity contribution is 5.92. The van der Waals surface area contributed by atoms with Crippen LogP contribution in [0.2, 0.25) is 0 Å². The molecule has 15 heteroatoms. The van der Waals surface area contributed by atoms with Crippen LogP contribution >= 0.6 is 0 Å². The van der Waals surface area contributed by atoms with Crippen LogP contribution in [0.1, 0.15) is 12.0 Å². The lowest BCUT2D eigenvalue weighted by Gasteiger charge is -2.43. The largest absolute Gasteiger partial charge is 0.486 e. The van der Waals surface area contributed by atoms with Gasteiger partial charge in [-0.25, -0.2) is 14.4 Å². The minimum Gasteiger partial charge on any atom is -0.486 e. The average molecular weight is 659 g/mol. The highest BCUT2D eigenvalue weighted by Gasteiger charge is 2.34. The molecule has 3 aromatic rings. The second-order valence-corrected chi connectivity index (χ2v) is 11.8. The van der Waals surface area contributed by atoms with Crippen LogP contribution in [0.25, 0.3) is 11.4 Å². The van der Waals surface area contributed by atoms with Crippen molar-refractivity contribution in [2.75, 3.05) is 75.9 Å². The normalized spacial score (nSPS) is 20.5. The lowest BCUT2D eigenvalue weighted by molar-refractivity contribution is -0.131. The van der Waals surface area contributed by atoms with Crippen LogP contribution in [0.4, 0.5) is 21.7 Å². The van der Waals surface area contributed by atoms with Gasteiger partial charge in [-0.2, -0.15) is 10.2 Å². The van der Waals surface area contributed by atoms with Crippen molar-refractivity contribution in [3.63, 3.8) is 0 Å². The maximum atomic E-state index is 15.1. The Hall–Kier alpha value is -5.04. The number of aliphatic hydroxyl groups excluding tert-OH is 1. The van der Waals surface area contributed by atoms with Gasteiger partial charge in [-0.1, -0.05) is 0 Å². The average Bonchev–Trinajstić information content (AvgIpc) is 3.09. The van der Waals surface area contributed by atoms with Gasteiger partial charge in [-0.15, -0.1) is 0 Å². The van der Waals surface area contributed by atoms with Gasteiger partial charge in [0.2, 0.25) is 5.95 Å². The number of amides is 1. The standard InChI is InChI=1S/C33H39FN10O4/c34-27-18-44(32(46)28(36)17-37-8-14-45)9-7-30(27)48-29-6-1-22(15-23(29)16-35)31-38-21-39-33(41-31)40-24-2-4-25(5-3-24)42-10-12-43(13-11-42)26-19-47-20-26/h1-6,15,17,21,26-27,30,37,45H,7-14,18-20,36H2,(H,38,39,40,41)/b28-17-/t27?,30-/m0/s1. The number of halogens is 1. The van der Waals surface area contributed by atoms with Crippen LogP contribution in [0, 0.1) is 11.3 Å². The number of ether oxygens (including phenoxy) is 2. The highest BCUT2D eigenvalue weighted by Crippen LogP contribution is 2.29. The number of alkyl halides is 1. The molecule has 4 heterocycles. The van der Waals surface area contributed by atoms with Crippen molar-refractivity contribution in [2.24, 2.45) is 5.73 Å². The van der Waals surface area contributed by atoms with E-state index in [1.807, 2.05) is 12.1 Å². The molecule has 2 atom stereocenters. The Morgan fingerprint density at radius 2 is 1.94 bits per heavy atom. The Bertz CT molecular complexity index is 1640. The molecule has 14 nitrogen and oxygen atoms in total. The third kappa shape index (κ3) is 7.73. The van der Waals surface area contributed by atoms with E-state index >= 15 is 4.39 Å². The molecular weight excluding hydrogens is 619 g/mol. The summed E-state index contributed by atoms with van der Waals surface area (Å²) < 4.78 is 26.4. The minimum absolute atomic E-state index is 0.0768. The zero-order valence-corrected chi connectivity index (χ0v) is 26.5. The molecule has 5 N–H and O–H groups in total. The third-order valence-corrected chi connectivity index (χ3v) is 8.68. The van der Waals surface area contributed by atoms with E-state index in [9.17, 15) is 10.1 Å². The van der Waals surface area contributed by atoms with Gasteiger partial charge in [0.1, 0.15) is 29.9 Å². The van der Waals surface area contributed by atoms with Gasteiger partial charge in [-0.05, 0) is 42.5 Å². The summed E-state index contributed by atoms with van der Waals surface area (Å²) in [6.07, 6.45) is 0.573. The quantitative estimate of drug-likeness (QED) is 0.172. The number of hydrogen-bond donors (Lipinski definition) is 4. The minimum atomic E-state index is -1.49. The van der Waals surface area contributed by atoms with E-state index in [1.165, 1.54) is 17.4 Å². The number of hydrogen-bond acceptors (Lipinski definition) is 13. The van der Waals surface area contributed by atoms with Gasteiger partial charge in [-0.3, -0.25) is 9.69 Å². The molecule has 0 saturated carbocycles. The number of nitrogens with zero attached hydrogens (tertiary/aromatic N) is 7. The summed E-state index contributed by atoms with van der Waals surface area (Å²) >= 11 is 0. The monoisotopic (exact) mass is 658 g/mol. The summed E-state index contributed by atoms with van der Waals surface area (Å²) in [4.78, 5) is 31.9. The molecule has 1 aromatic heterocycles. The van der Waals surface area contributed by atoms with Crippen molar-refractivity contribution < 1.29 is 23.8 Å². The van der Waals surface area contributed by atoms with E-state index in [-0.39, 0.29) is 49.7 Å². The zero-order valence-electron chi connectivity index (χ0n) is 26.5. The topological polar surface area (TPSA) is 178 Å². The van der Waals surface area contributed by atoms with E-state index in [2.05, 4.69) is 53.6 Å². The number of benzene rings is 2. The van der Waals surface area contributed by atoms with Crippen molar-refractivity contribution in [1.82, 2.24) is 30.1 Å². The van der Waals surface area contributed by atoms with E-state index < -0.39 is 18.2 Å². The fourth-order valence-corrected chi connectivity index (χ4v) is 5.87. The highest BCUT2D eigenvalue weighted by atomic mass is 19.1. The molecule has 2 aromatic carbocycles. The fourth-order valence-electron chi connectivity index (χ4n) is 5.87. The van der Waals surface area contributed by atoms with Gasteiger partial charge in [0.05, 0.1) is 38.0 Å². The third-order valence-electron chi connectivity index (χ3n) is 8.68. The number of carbonyl (C=O) groups excluding carboxylic acids is 1. The first-order chi connectivity index (χ1) is 23.4. The number of piperidine rings is 1. The van der Waals surface area contributed by atoms with Crippen molar-refractivity contribution in [2.45, 2.75) is 24.7 Å². The number of likely N-dealkylation sites (tertiary alicyclic amines) is 1. The van der Waals surface area contributed by atoms with Gasteiger partial charge >= 0.3 is 0 Å². The van der Waals surface area contributed by atoms with E-state index in [1.54, 1.807) is 18.2 Å². The molecular formula is C33H39FN10O4. The van der Waals surface area contributed by atoms with Crippen molar-refractivity contribution in [3.05, 3.63) is 66.3 Å². The van der Waals surface area contributed by atoms with E-state index in [0.29, 0.717) is 23.4 Å². The van der Waals surface area contributed by atoms with Crippen LogP contribution in [-0.2, 0) is 9.53 Å².